The lowest BCUT2D eigenvalue weighted by Crippen LogP contribution is -2.40. The van der Waals surface area contributed by atoms with Crippen molar-refractivity contribution in [1.82, 2.24) is 4.90 Å². The first-order valence-electron chi connectivity index (χ1n) is 19.9. The van der Waals surface area contributed by atoms with E-state index in [9.17, 15) is 14.4 Å². The van der Waals surface area contributed by atoms with E-state index in [0.29, 0.717) is 12.8 Å². The molecular weight excluding hydrogens is 612 g/mol. The first-order valence-corrected chi connectivity index (χ1v) is 19.9. The Morgan fingerprint density at radius 2 is 0.837 bits per heavy atom. The van der Waals surface area contributed by atoms with Crippen molar-refractivity contribution < 1.29 is 23.9 Å². The molecule has 0 unspecified atom stereocenters. The maximum Gasteiger partial charge on any atom is 0.305 e. The van der Waals surface area contributed by atoms with Gasteiger partial charge in [-0.15, -0.1) is 0 Å². The average molecular weight is 687 g/mol. The molecule has 0 rings (SSSR count). The van der Waals surface area contributed by atoms with Crippen LogP contribution in [-0.2, 0) is 23.9 Å². The zero-order valence-corrected chi connectivity index (χ0v) is 31.7. The molecule has 0 aliphatic carbocycles. The van der Waals surface area contributed by atoms with E-state index >= 15 is 0 Å². The SMILES string of the molecule is CCCCC/C=C\C/C=C\CCCCCCCC(=O)OCCN(CCOC(=O)CCCCCCC/C=C\C/C=C\CCCCC)C(=O)CN. The van der Waals surface area contributed by atoms with Gasteiger partial charge in [-0.05, 0) is 77.0 Å². The lowest BCUT2D eigenvalue weighted by Gasteiger charge is -2.21. The number of hydrogen-bond donors (Lipinski definition) is 1. The molecule has 0 aliphatic heterocycles. The Bertz CT molecular complexity index is 832. The fourth-order valence-corrected chi connectivity index (χ4v) is 5.34. The molecule has 0 radical (unpaired) electrons. The molecule has 0 aliphatic rings. The molecule has 0 aromatic heterocycles. The Labute approximate surface area is 301 Å². The van der Waals surface area contributed by atoms with Crippen molar-refractivity contribution in [1.29, 1.82) is 0 Å². The molecule has 2 N–H and O–H groups in total. The molecule has 0 spiro atoms. The van der Waals surface area contributed by atoms with Gasteiger partial charge >= 0.3 is 11.9 Å². The molecule has 0 aromatic rings. The van der Waals surface area contributed by atoms with Gasteiger partial charge in [-0.3, -0.25) is 14.4 Å². The van der Waals surface area contributed by atoms with Crippen molar-refractivity contribution in [3.05, 3.63) is 48.6 Å². The number of esters is 2. The van der Waals surface area contributed by atoms with Gasteiger partial charge in [0.1, 0.15) is 13.2 Å². The molecule has 0 saturated heterocycles. The molecule has 7 heteroatoms. The van der Waals surface area contributed by atoms with Gasteiger partial charge in [-0.1, -0.05) is 127 Å². The van der Waals surface area contributed by atoms with E-state index in [1.165, 1.54) is 81.9 Å². The Morgan fingerprint density at radius 3 is 1.20 bits per heavy atom. The van der Waals surface area contributed by atoms with Crippen molar-refractivity contribution in [3.63, 3.8) is 0 Å². The van der Waals surface area contributed by atoms with Gasteiger partial charge < -0.3 is 20.1 Å². The summed E-state index contributed by atoms with van der Waals surface area (Å²) >= 11 is 0. The Kier molecular flexibility index (Phi) is 36.1. The van der Waals surface area contributed by atoms with E-state index in [1.807, 2.05) is 0 Å². The van der Waals surface area contributed by atoms with E-state index in [1.54, 1.807) is 0 Å². The largest absolute Gasteiger partial charge is 0.464 e. The molecule has 7 nitrogen and oxygen atoms in total. The van der Waals surface area contributed by atoms with Crippen LogP contribution in [0.2, 0.25) is 0 Å². The lowest BCUT2D eigenvalue weighted by molar-refractivity contribution is -0.147. The Hall–Kier alpha value is -2.67. The third-order valence-corrected chi connectivity index (χ3v) is 8.44. The topological polar surface area (TPSA) is 98.9 Å². The fraction of sp³-hybridized carbons (Fsp3) is 0.738. The van der Waals surface area contributed by atoms with Gasteiger partial charge in [0.15, 0.2) is 0 Å². The second-order valence-electron chi connectivity index (χ2n) is 13.0. The Balaban J connectivity index is 3.80. The molecular formula is C42H74N2O5. The number of nitrogens with two attached hydrogens (primary N) is 1. The number of amides is 1. The second-order valence-corrected chi connectivity index (χ2v) is 13.0. The van der Waals surface area contributed by atoms with E-state index in [2.05, 4.69) is 62.5 Å². The monoisotopic (exact) mass is 687 g/mol. The van der Waals surface area contributed by atoms with Crippen molar-refractivity contribution in [2.24, 2.45) is 5.73 Å². The van der Waals surface area contributed by atoms with Crippen molar-refractivity contribution in [2.45, 2.75) is 168 Å². The van der Waals surface area contributed by atoms with Crippen molar-refractivity contribution in [2.75, 3.05) is 32.8 Å². The van der Waals surface area contributed by atoms with Gasteiger partial charge in [0.25, 0.3) is 0 Å². The number of hydrogen-bond acceptors (Lipinski definition) is 6. The maximum absolute atomic E-state index is 12.2. The van der Waals surface area contributed by atoms with Crippen LogP contribution in [0.5, 0.6) is 0 Å². The molecule has 0 heterocycles. The number of unbranched alkanes of at least 4 members (excludes halogenated alkanes) is 16. The summed E-state index contributed by atoms with van der Waals surface area (Å²) in [4.78, 5) is 38.0. The van der Waals surface area contributed by atoms with Crippen LogP contribution in [0.25, 0.3) is 0 Å². The molecule has 282 valence electrons. The number of allylic oxidation sites excluding steroid dienone is 8. The minimum Gasteiger partial charge on any atom is -0.464 e. The summed E-state index contributed by atoms with van der Waals surface area (Å²) in [5, 5.41) is 0. The summed E-state index contributed by atoms with van der Waals surface area (Å²) in [5.74, 6) is -0.737. The van der Waals surface area contributed by atoms with Crippen LogP contribution < -0.4 is 5.73 Å². The predicted octanol–water partition coefficient (Wildman–Crippen LogP) is 10.5. The smallest absolute Gasteiger partial charge is 0.305 e. The van der Waals surface area contributed by atoms with Gasteiger partial charge in [-0.2, -0.15) is 0 Å². The maximum atomic E-state index is 12.2. The number of ether oxygens (including phenoxy) is 2. The van der Waals surface area contributed by atoms with Crippen molar-refractivity contribution in [3.8, 4) is 0 Å². The van der Waals surface area contributed by atoms with Gasteiger partial charge in [-0.25, -0.2) is 0 Å². The lowest BCUT2D eigenvalue weighted by atomic mass is 10.1. The first kappa shape index (κ1) is 46.3. The van der Waals surface area contributed by atoms with Crippen molar-refractivity contribution >= 4 is 17.8 Å². The van der Waals surface area contributed by atoms with Crippen LogP contribution in [0.3, 0.4) is 0 Å². The standard InChI is InChI=1S/C42H74N2O5/c1-3-5-7-9-11-13-15-17-19-21-23-25-27-29-31-33-41(46)48-37-35-44(40(45)39-43)36-38-49-42(47)34-32-30-28-26-24-22-20-18-16-14-12-10-8-6-4-2/h11-14,17-20H,3-10,15-16,21-39,43H2,1-2H3/b13-11-,14-12-,19-17-,20-18-. The summed E-state index contributed by atoms with van der Waals surface area (Å²) in [5.41, 5.74) is 5.56. The Morgan fingerprint density at radius 1 is 0.490 bits per heavy atom. The zero-order chi connectivity index (χ0) is 35.9. The number of carbonyl (C=O) groups excluding carboxylic acids is 3. The number of rotatable bonds is 35. The average Bonchev–Trinajstić information content (AvgIpc) is 3.10. The molecule has 0 bridgehead atoms. The quantitative estimate of drug-likeness (QED) is 0.0405. The van der Waals surface area contributed by atoms with E-state index < -0.39 is 0 Å². The van der Waals surface area contributed by atoms with Gasteiger partial charge in [0, 0.05) is 12.8 Å². The highest BCUT2D eigenvalue weighted by atomic mass is 16.5. The molecule has 1 amide bonds. The second kappa shape index (κ2) is 38.1. The van der Waals surface area contributed by atoms with E-state index in [-0.39, 0.29) is 50.7 Å². The zero-order valence-electron chi connectivity index (χ0n) is 31.7. The van der Waals surface area contributed by atoms with Gasteiger partial charge in [0.05, 0.1) is 19.6 Å². The minimum atomic E-state index is -0.255. The van der Waals surface area contributed by atoms with Crippen LogP contribution in [0, 0.1) is 0 Å². The molecule has 0 aromatic carbocycles. The van der Waals surface area contributed by atoms with Crippen LogP contribution in [0.1, 0.15) is 168 Å². The molecule has 0 atom stereocenters. The van der Waals surface area contributed by atoms with Crippen LogP contribution in [0.15, 0.2) is 48.6 Å². The highest BCUT2D eigenvalue weighted by Gasteiger charge is 2.14. The van der Waals surface area contributed by atoms with Gasteiger partial charge in [0.2, 0.25) is 5.91 Å². The van der Waals surface area contributed by atoms with Crippen LogP contribution in [-0.4, -0.2) is 55.6 Å². The van der Waals surface area contributed by atoms with Crippen LogP contribution in [0.4, 0.5) is 0 Å². The summed E-state index contributed by atoms with van der Waals surface area (Å²) in [6.45, 7) is 5.04. The first-order chi connectivity index (χ1) is 24.0. The van der Waals surface area contributed by atoms with E-state index in [0.717, 1.165) is 64.2 Å². The van der Waals surface area contributed by atoms with Crippen LogP contribution >= 0.6 is 0 Å². The van der Waals surface area contributed by atoms with E-state index in [4.69, 9.17) is 15.2 Å². The fourth-order valence-electron chi connectivity index (χ4n) is 5.34. The number of carbonyl (C=O) groups is 3. The molecule has 49 heavy (non-hydrogen) atoms. The molecule has 0 saturated carbocycles. The summed E-state index contributed by atoms with van der Waals surface area (Å²) in [6.07, 6.45) is 43.9. The summed E-state index contributed by atoms with van der Waals surface area (Å²) < 4.78 is 10.7. The normalized spacial score (nSPS) is 11.8. The minimum absolute atomic E-state index is 0.116. The summed E-state index contributed by atoms with van der Waals surface area (Å²) in [6, 6.07) is 0. The molecule has 0 fully saturated rings. The highest BCUT2D eigenvalue weighted by Crippen LogP contribution is 2.10. The third kappa shape index (κ3) is 35.0. The third-order valence-electron chi connectivity index (χ3n) is 8.44. The number of nitrogens with zero attached hydrogens (tertiary/aromatic N) is 1. The summed E-state index contributed by atoms with van der Waals surface area (Å²) in [7, 11) is 0. The predicted molar refractivity (Wildman–Crippen MR) is 206 cm³/mol. The highest BCUT2D eigenvalue weighted by molar-refractivity contribution is 5.78.